The van der Waals surface area contributed by atoms with Crippen LogP contribution in [-0.4, -0.2) is 55.2 Å². The molecule has 1 atom stereocenters. The molecule has 1 aromatic rings. The Kier molecular flexibility index (Phi) is 4.99. The number of hydrogen-bond acceptors (Lipinski definition) is 4. The molecule has 1 aromatic carbocycles. The van der Waals surface area contributed by atoms with Crippen molar-refractivity contribution < 1.29 is 9.53 Å². The van der Waals surface area contributed by atoms with Crippen LogP contribution in [-0.2, 0) is 22.5 Å². The van der Waals surface area contributed by atoms with Gasteiger partial charge in [-0.2, -0.15) is 0 Å². The quantitative estimate of drug-likeness (QED) is 0.867. The normalized spacial score (nSPS) is 22.4. The molecule has 0 spiro atoms. The SMILES string of the molecule is CC(C)(CNC(=O)C1Cc2ccccc2CN1)N1CCOCC1. The van der Waals surface area contributed by atoms with Crippen molar-refractivity contribution in [3.8, 4) is 0 Å². The standard InChI is InChI=1S/C18H27N3O2/c1-18(2,21-7-9-23-10-8-21)13-20-17(22)16-11-14-5-3-4-6-15(14)12-19-16/h3-6,16,19H,7-13H2,1-2H3,(H,20,22). The summed E-state index contributed by atoms with van der Waals surface area (Å²) in [6.07, 6.45) is 0.764. The van der Waals surface area contributed by atoms with Crippen molar-refractivity contribution in [2.24, 2.45) is 0 Å². The average molecular weight is 317 g/mol. The van der Waals surface area contributed by atoms with Gasteiger partial charge in [0.15, 0.2) is 0 Å². The van der Waals surface area contributed by atoms with Crippen LogP contribution in [0.25, 0.3) is 0 Å². The number of carbonyl (C=O) groups is 1. The van der Waals surface area contributed by atoms with Gasteiger partial charge in [-0.1, -0.05) is 24.3 Å². The molecule has 0 radical (unpaired) electrons. The zero-order valence-electron chi connectivity index (χ0n) is 14.1. The molecule has 1 fully saturated rings. The molecule has 1 saturated heterocycles. The molecule has 5 heteroatoms. The third kappa shape index (κ3) is 3.91. The molecule has 126 valence electrons. The van der Waals surface area contributed by atoms with Crippen LogP contribution in [0.2, 0.25) is 0 Å². The fourth-order valence-corrected chi connectivity index (χ4v) is 3.35. The van der Waals surface area contributed by atoms with Crippen LogP contribution in [0.1, 0.15) is 25.0 Å². The number of hydrogen-bond donors (Lipinski definition) is 2. The first-order chi connectivity index (χ1) is 11.1. The molecule has 2 heterocycles. The highest BCUT2D eigenvalue weighted by molar-refractivity contribution is 5.82. The summed E-state index contributed by atoms with van der Waals surface area (Å²) in [6, 6.07) is 8.20. The summed E-state index contributed by atoms with van der Waals surface area (Å²) in [5.74, 6) is 0.0980. The van der Waals surface area contributed by atoms with Gasteiger partial charge in [0, 0.05) is 31.7 Å². The van der Waals surface area contributed by atoms with Gasteiger partial charge in [0.1, 0.15) is 0 Å². The lowest BCUT2D eigenvalue weighted by atomic mass is 9.95. The maximum atomic E-state index is 12.5. The Hall–Kier alpha value is -1.43. The molecule has 0 saturated carbocycles. The van der Waals surface area contributed by atoms with Crippen LogP contribution >= 0.6 is 0 Å². The van der Waals surface area contributed by atoms with Gasteiger partial charge in [0.05, 0.1) is 19.3 Å². The van der Waals surface area contributed by atoms with Crippen molar-refractivity contribution in [3.05, 3.63) is 35.4 Å². The van der Waals surface area contributed by atoms with Crippen molar-refractivity contribution in [2.45, 2.75) is 38.4 Å². The molecule has 2 aliphatic rings. The van der Waals surface area contributed by atoms with Gasteiger partial charge in [0.2, 0.25) is 5.91 Å². The highest BCUT2D eigenvalue weighted by atomic mass is 16.5. The number of ether oxygens (including phenoxy) is 1. The number of benzene rings is 1. The van der Waals surface area contributed by atoms with Crippen molar-refractivity contribution in [2.75, 3.05) is 32.8 Å². The lowest BCUT2D eigenvalue weighted by Crippen LogP contribution is -2.57. The Balaban J connectivity index is 1.53. The minimum absolute atomic E-state index is 0.0496. The first-order valence-corrected chi connectivity index (χ1v) is 8.47. The molecule has 0 aromatic heterocycles. The summed E-state index contributed by atoms with van der Waals surface area (Å²) in [4.78, 5) is 14.9. The van der Waals surface area contributed by atoms with Gasteiger partial charge in [-0.05, 0) is 31.4 Å². The molecule has 23 heavy (non-hydrogen) atoms. The van der Waals surface area contributed by atoms with Gasteiger partial charge < -0.3 is 15.4 Å². The smallest absolute Gasteiger partial charge is 0.237 e. The van der Waals surface area contributed by atoms with E-state index in [0.717, 1.165) is 39.3 Å². The van der Waals surface area contributed by atoms with E-state index in [4.69, 9.17) is 4.74 Å². The topological polar surface area (TPSA) is 53.6 Å². The predicted octanol–water partition coefficient (Wildman–Crippen LogP) is 0.928. The molecule has 3 rings (SSSR count). The fraction of sp³-hybridized carbons (Fsp3) is 0.611. The highest BCUT2D eigenvalue weighted by Crippen LogP contribution is 2.18. The van der Waals surface area contributed by atoms with Crippen molar-refractivity contribution in [3.63, 3.8) is 0 Å². The maximum Gasteiger partial charge on any atom is 0.237 e. The van der Waals surface area contributed by atoms with E-state index in [1.54, 1.807) is 0 Å². The number of nitrogens with one attached hydrogen (secondary N) is 2. The molecule has 0 bridgehead atoms. The lowest BCUT2D eigenvalue weighted by molar-refractivity contribution is -0.124. The van der Waals surface area contributed by atoms with Crippen LogP contribution in [0.3, 0.4) is 0 Å². The van der Waals surface area contributed by atoms with Gasteiger partial charge in [-0.3, -0.25) is 9.69 Å². The summed E-state index contributed by atoms with van der Waals surface area (Å²) in [5, 5.41) is 6.48. The molecule has 1 amide bonds. The number of morpholine rings is 1. The fourth-order valence-electron chi connectivity index (χ4n) is 3.35. The minimum Gasteiger partial charge on any atom is -0.379 e. The number of nitrogens with zero attached hydrogens (tertiary/aromatic N) is 1. The van der Waals surface area contributed by atoms with Crippen molar-refractivity contribution in [1.29, 1.82) is 0 Å². The van der Waals surface area contributed by atoms with Crippen LogP contribution in [0.5, 0.6) is 0 Å². The number of rotatable bonds is 4. The zero-order chi connectivity index (χ0) is 16.3. The maximum absolute atomic E-state index is 12.5. The van der Waals surface area contributed by atoms with Crippen LogP contribution in [0, 0.1) is 0 Å². The van der Waals surface area contributed by atoms with Crippen molar-refractivity contribution in [1.82, 2.24) is 15.5 Å². The molecular weight excluding hydrogens is 290 g/mol. The summed E-state index contributed by atoms with van der Waals surface area (Å²) >= 11 is 0. The largest absolute Gasteiger partial charge is 0.379 e. The van der Waals surface area contributed by atoms with E-state index in [1.807, 2.05) is 12.1 Å². The number of fused-ring (bicyclic) bond motifs is 1. The summed E-state index contributed by atoms with van der Waals surface area (Å²) in [5.41, 5.74) is 2.52. The Labute approximate surface area is 138 Å². The van der Waals surface area contributed by atoms with Gasteiger partial charge in [-0.25, -0.2) is 0 Å². The molecule has 2 N–H and O–H groups in total. The number of carbonyl (C=O) groups excluding carboxylic acids is 1. The third-order valence-electron chi connectivity index (χ3n) is 4.96. The van der Waals surface area contributed by atoms with Crippen LogP contribution in [0.15, 0.2) is 24.3 Å². The average Bonchev–Trinajstić information content (AvgIpc) is 2.60. The van der Waals surface area contributed by atoms with Crippen molar-refractivity contribution >= 4 is 5.91 Å². The van der Waals surface area contributed by atoms with Gasteiger partial charge in [0.25, 0.3) is 0 Å². The van der Waals surface area contributed by atoms with E-state index < -0.39 is 0 Å². The Morgan fingerprint density at radius 2 is 2.00 bits per heavy atom. The Morgan fingerprint density at radius 1 is 1.30 bits per heavy atom. The molecule has 1 unspecified atom stereocenters. The second-order valence-corrected chi connectivity index (χ2v) is 7.04. The van der Waals surface area contributed by atoms with Gasteiger partial charge in [-0.15, -0.1) is 0 Å². The van der Waals surface area contributed by atoms with Gasteiger partial charge >= 0.3 is 0 Å². The Bertz CT molecular complexity index is 553. The first kappa shape index (κ1) is 16.4. The minimum atomic E-state index is -0.134. The van der Waals surface area contributed by atoms with Crippen LogP contribution < -0.4 is 10.6 Å². The zero-order valence-corrected chi connectivity index (χ0v) is 14.1. The Morgan fingerprint density at radius 3 is 2.74 bits per heavy atom. The summed E-state index contributed by atoms with van der Waals surface area (Å²) < 4.78 is 5.41. The molecule has 5 nitrogen and oxygen atoms in total. The van der Waals surface area contributed by atoms with Crippen LogP contribution in [0.4, 0.5) is 0 Å². The summed E-state index contributed by atoms with van der Waals surface area (Å²) in [7, 11) is 0. The van der Waals surface area contributed by atoms with E-state index in [1.165, 1.54) is 11.1 Å². The van der Waals surface area contributed by atoms with E-state index in [2.05, 4.69) is 41.5 Å². The van der Waals surface area contributed by atoms with E-state index in [9.17, 15) is 4.79 Å². The molecule has 2 aliphatic heterocycles. The lowest BCUT2D eigenvalue weighted by Gasteiger charge is -2.41. The molecule has 0 aliphatic carbocycles. The van der Waals surface area contributed by atoms with E-state index in [0.29, 0.717) is 6.54 Å². The monoisotopic (exact) mass is 317 g/mol. The predicted molar refractivity (Wildman–Crippen MR) is 90.3 cm³/mol. The number of amides is 1. The second kappa shape index (κ2) is 6.99. The highest BCUT2D eigenvalue weighted by Gasteiger charge is 2.30. The summed E-state index contributed by atoms with van der Waals surface area (Å²) in [6.45, 7) is 9.20. The first-order valence-electron chi connectivity index (χ1n) is 8.47. The molecular formula is C18H27N3O2. The van der Waals surface area contributed by atoms with E-state index >= 15 is 0 Å². The second-order valence-electron chi connectivity index (χ2n) is 7.04. The van der Waals surface area contributed by atoms with E-state index in [-0.39, 0.29) is 17.5 Å². The third-order valence-corrected chi connectivity index (χ3v) is 4.96.